The maximum absolute atomic E-state index is 11.7. The van der Waals surface area contributed by atoms with Crippen molar-refractivity contribution in [1.82, 2.24) is 0 Å². The number of halogens is 1. The number of aliphatic hydroxyl groups is 1. The molecule has 0 radical (unpaired) electrons. The van der Waals surface area contributed by atoms with Gasteiger partial charge in [-0.1, -0.05) is 28.1 Å². The number of carboxylic acid groups (broad SMARTS) is 1. The van der Waals surface area contributed by atoms with Gasteiger partial charge in [0.15, 0.2) is 15.1 Å². The molecule has 0 aliphatic rings. The molecule has 0 aliphatic heterocycles. The highest BCUT2D eigenvalue weighted by Gasteiger charge is 2.33. The third kappa shape index (κ3) is 3.52. The SMILES string of the molecule is O=C(O)[C@@H](c1cccc(Br)c1)S(=O)(=O)CCO. The molecule has 1 rings (SSSR count). The van der Waals surface area contributed by atoms with Crippen molar-refractivity contribution in [3.8, 4) is 0 Å². The Bertz CT molecular complexity index is 511. The summed E-state index contributed by atoms with van der Waals surface area (Å²) in [5, 5.41) is 16.0. The molecule has 1 aromatic carbocycles. The van der Waals surface area contributed by atoms with Crippen LogP contribution in [-0.2, 0) is 14.6 Å². The zero-order valence-corrected chi connectivity index (χ0v) is 11.1. The second-order valence-corrected chi connectivity index (χ2v) is 6.48. The van der Waals surface area contributed by atoms with Gasteiger partial charge in [0.1, 0.15) is 0 Å². The average Bonchev–Trinajstić information content (AvgIpc) is 2.15. The predicted octanol–water partition coefficient (Wildman–Crippen LogP) is 0.982. The Morgan fingerprint density at radius 2 is 2.06 bits per heavy atom. The molecule has 94 valence electrons. The highest BCUT2D eigenvalue weighted by Crippen LogP contribution is 2.25. The van der Waals surface area contributed by atoms with E-state index in [1.54, 1.807) is 12.1 Å². The van der Waals surface area contributed by atoms with Crippen LogP contribution in [0.25, 0.3) is 0 Å². The Kier molecular flexibility index (Phi) is 4.67. The van der Waals surface area contributed by atoms with Crippen LogP contribution in [0.5, 0.6) is 0 Å². The maximum atomic E-state index is 11.7. The van der Waals surface area contributed by atoms with Crippen LogP contribution >= 0.6 is 15.9 Å². The first-order chi connectivity index (χ1) is 7.88. The molecule has 0 aliphatic carbocycles. The summed E-state index contributed by atoms with van der Waals surface area (Å²) >= 11 is 3.15. The first-order valence-corrected chi connectivity index (χ1v) is 7.20. The van der Waals surface area contributed by atoms with Crippen LogP contribution in [0.3, 0.4) is 0 Å². The van der Waals surface area contributed by atoms with Gasteiger partial charge < -0.3 is 10.2 Å². The normalized spacial score (nSPS) is 13.3. The number of rotatable bonds is 5. The molecule has 17 heavy (non-hydrogen) atoms. The molecule has 0 bridgehead atoms. The van der Waals surface area contributed by atoms with Crippen molar-refractivity contribution in [1.29, 1.82) is 0 Å². The summed E-state index contributed by atoms with van der Waals surface area (Å²) in [4.78, 5) is 11.1. The van der Waals surface area contributed by atoms with E-state index >= 15 is 0 Å². The smallest absolute Gasteiger partial charge is 0.326 e. The van der Waals surface area contributed by atoms with Crippen molar-refractivity contribution in [3.63, 3.8) is 0 Å². The van der Waals surface area contributed by atoms with E-state index in [0.717, 1.165) is 0 Å². The fraction of sp³-hybridized carbons (Fsp3) is 0.300. The van der Waals surface area contributed by atoms with Crippen molar-refractivity contribution >= 4 is 31.7 Å². The molecule has 0 fully saturated rings. The third-order valence-corrected chi connectivity index (χ3v) is 4.55. The number of sulfone groups is 1. The molecule has 0 saturated heterocycles. The minimum atomic E-state index is -3.91. The number of aliphatic carboxylic acids is 1. The maximum Gasteiger partial charge on any atom is 0.326 e. The van der Waals surface area contributed by atoms with Crippen molar-refractivity contribution in [3.05, 3.63) is 34.3 Å². The summed E-state index contributed by atoms with van der Waals surface area (Å²) in [7, 11) is -3.91. The van der Waals surface area contributed by atoms with Gasteiger partial charge in [-0.3, -0.25) is 4.79 Å². The lowest BCUT2D eigenvalue weighted by Gasteiger charge is -2.13. The number of aliphatic hydroxyl groups excluding tert-OH is 1. The van der Waals surface area contributed by atoms with Gasteiger partial charge in [-0.2, -0.15) is 0 Å². The molecule has 2 N–H and O–H groups in total. The quantitative estimate of drug-likeness (QED) is 0.843. The largest absolute Gasteiger partial charge is 0.480 e. The third-order valence-electron chi connectivity index (χ3n) is 2.11. The lowest BCUT2D eigenvalue weighted by atomic mass is 10.1. The first-order valence-electron chi connectivity index (χ1n) is 4.69. The number of hydrogen-bond acceptors (Lipinski definition) is 4. The molecule has 1 aromatic rings. The van der Waals surface area contributed by atoms with Crippen LogP contribution in [-0.4, -0.2) is 37.0 Å². The van der Waals surface area contributed by atoms with E-state index in [2.05, 4.69) is 15.9 Å². The molecule has 0 amide bonds. The van der Waals surface area contributed by atoms with Crippen LogP contribution in [0.15, 0.2) is 28.7 Å². The van der Waals surface area contributed by atoms with Gasteiger partial charge in [0, 0.05) is 4.47 Å². The van der Waals surface area contributed by atoms with Gasteiger partial charge in [-0.25, -0.2) is 8.42 Å². The van der Waals surface area contributed by atoms with E-state index < -0.39 is 33.4 Å². The molecule has 5 nitrogen and oxygen atoms in total. The average molecular weight is 323 g/mol. The summed E-state index contributed by atoms with van der Waals surface area (Å²) in [6, 6.07) is 6.09. The van der Waals surface area contributed by atoms with Gasteiger partial charge in [0.05, 0.1) is 12.4 Å². The minimum absolute atomic E-state index is 0.167. The van der Waals surface area contributed by atoms with E-state index in [1.807, 2.05) is 0 Å². The standard InChI is InChI=1S/C10H11BrO5S/c11-8-3-1-2-7(6-8)9(10(13)14)17(15,16)5-4-12/h1-3,6,9,12H,4-5H2,(H,13,14)/t9-/m1/s1. The van der Waals surface area contributed by atoms with Crippen molar-refractivity contribution < 1.29 is 23.4 Å². The van der Waals surface area contributed by atoms with Crippen LogP contribution in [0.2, 0.25) is 0 Å². The van der Waals surface area contributed by atoms with Gasteiger partial charge in [-0.15, -0.1) is 0 Å². The number of carbonyl (C=O) groups is 1. The van der Waals surface area contributed by atoms with Gasteiger partial charge in [-0.05, 0) is 17.7 Å². The highest BCUT2D eigenvalue weighted by molar-refractivity contribution is 9.10. The Balaban J connectivity index is 3.24. The van der Waals surface area contributed by atoms with Gasteiger partial charge >= 0.3 is 5.97 Å². The molecule has 7 heteroatoms. The number of hydrogen-bond donors (Lipinski definition) is 2. The summed E-state index contributed by atoms with van der Waals surface area (Å²) in [5.74, 6) is -2.02. The fourth-order valence-electron chi connectivity index (χ4n) is 1.42. The number of benzene rings is 1. The predicted molar refractivity (Wildman–Crippen MR) is 65.4 cm³/mol. The van der Waals surface area contributed by atoms with Gasteiger partial charge in [0.2, 0.25) is 0 Å². The lowest BCUT2D eigenvalue weighted by Crippen LogP contribution is -2.25. The molecule has 0 spiro atoms. The summed E-state index contributed by atoms with van der Waals surface area (Å²) in [5.41, 5.74) is 0.167. The van der Waals surface area contributed by atoms with Crippen molar-refractivity contribution in [2.24, 2.45) is 0 Å². The Labute approximate surface area is 107 Å². The van der Waals surface area contributed by atoms with Crippen molar-refractivity contribution in [2.45, 2.75) is 5.25 Å². The molecule has 0 unspecified atom stereocenters. The monoisotopic (exact) mass is 322 g/mol. The van der Waals surface area contributed by atoms with Crippen LogP contribution in [0, 0.1) is 0 Å². The Morgan fingerprint density at radius 1 is 1.41 bits per heavy atom. The molecule has 0 aromatic heterocycles. The Hall–Kier alpha value is -0.920. The van der Waals surface area contributed by atoms with Crippen LogP contribution in [0.1, 0.15) is 10.8 Å². The summed E-state index contributed by atoms with van der Waals surface area (Å²) < 4.78 is 24.1. The highest BCUT2D eigenvalue weighted by atomic mass is 79.9. The van der Waals surface area contributed by atoms with Gasteiger partial charge in [0.25, 0.3) is 0 Å². The van der Waals surface area contributed by atoms with E-state index in [0.29, 0.717) is 4.47 Å². The van der Waals surface area contributed by atoms with E-state index in [-0.39, 0.29) is 5.56 Å². The molecule has 0 heterocycles. The zero-order valence-electron chi connectivity index (χ0n) is 8.71. The van der Waals surface area contributed by atoms with Crippen LogP contribution in [0.4, 0.5) is 0 Å². The lowest BCUT2D eigenvalue weighted by molar-refractivity contribution is -0.136. The summed E-state index contributed by atoms with van der Waals surface area (Å²) in [6.07, 6.45) is 0. The van der Waals surface area contributed by atoms with Crippen LogP contribution < -0.4 is 0 Å². The summed E-state index contributed by atoms with van der Waals surface area (Å²) in [6.45, 7) is -0.597. The minimum Gasteiger partial charge on any atom is -0.480 e. The number of carboxylic acids is 1. The molecular weight excluding hydrogens is 312 g/mol. The molecular formula is C10H11BrO5S. The molecule has 1 atom stereocenters. The van der Waals surface area contributed by atoms with E-state index in [1.165, 1.54) is 12.1 Å². The first kappa shape index (κ1) is 14.1. The second kappa shape index (κ2) is 5.61. The van der Waals surface area contributed by atoms with E-state index in [4.69, 9.17) is 10.2 Å². The zero-order chi connectivity index (χ0) is 13.1. The fourth-order valence-corrected chi connectivity index (χ4v) is 3.19. The topological polar surface area (TPSA) is 91.7 Å². The molecule has 0 saturated carbocycles. The second-order valence-electron chi connectivity index (χ2n) is 3.36. The van der Waals surface area contributed by atoms with E-state index in [9.17, 15) is 13.2 Å². The Morgan fingerprint density at radius 3 is 2.53 bits per heavy atom. The van der Waals surface area contributed by atoms with Crippen molar-refractivity contribution in [2.75, 3.05) is 12.4 Å².